The van der Waals surface area contributed by atoms with E-state index in [-0.39, 0.29) is 5.97 Å². The van der Waals surface area contributed by atoms with Gasteiger partial charge in [0.15, 0.2) is 0 Å². The smallest absolute Gasteiger partial charge is 0.311 e. The zero-order valence-corrected chi connectivity index (χ0v) is 15.1. The van der Waals surface area contributed by atoms with Crippen LogP contribution in [0.4, 0.5) is 0 Å². The van der Waals surface area contributed by atoms with Crippen LogP contribution in [0.25, 0.3) is 0 Å². The molecule has 0 unspecified atom stereocenters. The molecule has 0 N–H and O–H groups in total. The third-order valence-electron chi connectivity index (χ3n) is 3.69. The van der Waals surface area contributed by atoms with Crippen LogP contribution in [0, 0.1) is 6.92 Å². The van der Waals surface area contributed by atoms with Gasteiger partial charge < -0.3 is 9.47 Å². The molecule has 0 saturated heterocycles. The van der Waals surface area contributed by atoms with Crippen molar-refractivity contribution >= 4 is 17.6 Å². The van der Waals surface area contributed by atoms with Crippen molar-refractivity contribution in [2.24, 2.45) is 0 Å². The monoisotopic (exact) mass is 346 g/mol. The van der Waals surface area contributed by atoms with Crippen LogP contribution in [0.5, 0.6) is 11.5 Å². The van der Waals surface area contributed by atoms with Gasteiger partial charge in [0.2, 0.25) is 0 Å². The second-order valence-corrected chi connectivity index (χ2v) is 6.49. The molecule has 3 nitrogen and oxygen atoms in total. The van der Waals surface area contributed by atoms with Gasteiger partial charge in [0, 0.05) is 11.4 Å². The van der Waals surface area contributed by atoms with Gasteiger partial charge in [-0.2, -0.15) is 0 Å². The molecule has 0 atom stereocenters. The number of hydrogen-bond acceptors (Lipinski definition) is 3. The Hall–Kier alpha value is -2.00. The van der Waals surface area contributed by atoms with Crippen molar-refractivity contribution in [3.05, 3.63) is 58.6 Å². The molecule has 0 aliphatic rings. The lowest BCUT2D eigenvalue weighted by Gasteiger charge is -2.12. The number of halogens is 1. The van der Waals surface area contributed by atoms with Gasteiger partial charge in [-0.05, 0) is 60.7 Å². The molecule has 0 aliphatic heterocycles. The molecule has 0 amide bonds. The maximum absolute atomic E-state index is 11.8. The van der Waals surface area contributed by atoms with E-state index in [0.717, 1.165) is 5.75 Å². The zero-order chi connectivity index (χ0) is 17.5. The molecule has 24 heavy (non-hydrogen) atoms. The molecule has 0 fully saturated rings. The van der Waals surface area contributed by atoms with Gasteiger partial charge in [0.05, 0.1) is 6.61 Å². The van der Waals surface area contributed by atoms with Crippen molar-refractivity contribution in [1.82, 2.24) is 0 Å². The number of ether oxygens (including phenoxy) is 2. The average Bonchev–Trinajstić information content (AvgIpc) is 2.51. The topological polar surface area (TPSA) is 35.5 Å². The van der Waals surface area contributed by atoms with Crippen molar-refractivity contribution < 1.29 is 14.3 Å². The molecule has 4 heteroatoms. The maximum Gasteiger partial charge on any atom is 0.311 e. The van der Waals surface area contributed by atoms with Crippen LogP contribution in [-0.4, -0.2) is 12.6 Å². The molecule has 128 valence electrons. The summed E-state index contributed by atoms with van der Waals surface area (Å²) in [5.41, 5.74) is 2.55. The van der Waals surface area contributed by atoms with Crippen molar-refractivity contribution in [2.75, 3.05) is 6.61 Å². The van der Waals surface area contributed by atoms with Crippen molar-refractivity contribution in [3.8, 4) is 11.5 Å². The standard InChI is InChI=1S/C20H23ClO3/c1-14(2)19-10-9-17(12-15(19)3)23-11-5-8-20(22)24-18-7-4-6-16(21)13-18/h4,6-7,9-10,12-14H,5,8,11H2,1-3H3. The first-order valence-electron chi connectivity index (χ1n) is 8.15. The van der Waals surface area contributed by atoms with Gasteiger partial charge in [-0.15, -0.1) is 0 Å². The van der Waals surface area contributed by atoms with E-state index in [1.807, 2.05) is 12.1 Å². The van der Waals surface area contributed by atoms with E-state index in [1.165, 1.54) is 11.1 Å². The lowest BCUT2D eigenvalue weighted by Crippen LogP contribution is -2.10. The predicted octanol–water partition coefficient (Wildman–Crippen LogP) is 5.54. The number of carbonyl (C=O) groups excluding carboxylic acids is 1. The van der Waals surface area contributed by atoms with Crippen molar-refractivity contribution in [2.45, 2.75) is 39.5 Å². The fourth-order valence-corrected chi connectivity index (χ4v) is 2.69. The summed E-state index contributed by atoms with van der Waals surface area (Å²) in [6, 6.07) is 12.9. The van der Waals surface area contributed by atoms with Crippen LogP contribution in [-0.2, 0) is 4.79 Å². The molecule has 2 aromatic rings. The van der Waals surface area contributed by atoms with E-state index < -0.39 is 0 Å². The maximum atomic E-state index is 11.8. The van der Waals surface area contributed by atoms with Crippen LogP contribution < -0.4 is 9.47 Å². The zero-order valence-electron chi connectivity index (χ0n) is 14.3. The SMILES string of the molecule is Cc1cc(OCCCC(=O)Oc2cccc(Cl)c2)ccc1C(C)C. The first kappa shape index (κ1) is 18.3. The summed E-state index contributed by atoms with van der Waals surface area (Å²) in [7, 11) is 0. The second-order valence-electron chi connectivity index (χ2n) is 6.06. The molecule has 0 aromatic heterocycles. The molecule has 0 spiro atoms. The Morgan fingerprint density at radius 3 is 2.58 bits per heavy atom. The van der Waals surface area contributed by atoms with Crippen LogP contribution in [0.3, 0.4) is 0 Å². The molecule has 0 radical (unpaired) electrons. The van der Waals surface area contributed by atoms with E-state index in [0.29, 0.717) is 36.1 Å². The van der Waals surface area contributed by atoms with Crippen molar-refractivity contribution in [1.29, 1.82) is 0 Å². The Bertz CT molecular complexity index is 695. The van der Waals surface area contributed by atoms with Gasteiger partial charge in [0.25, 0.3) is 0 Å². The fraction of sp³-hybridized carbons (Fsp3) is 0.350. The molecule has 0 aliphatic carbocycles. The minimum absolute atomic E-state index is 0.285. The molecule has 0 heterocycles. The number of rotatable bonds is 7. The van der Waals surface area contributed by atoms with E-state index in [4.69, 9.17) is 21.1 Å². The Kier molecular flexibility index (Phi) is 6.68. The first-order chi connectivity index (χ1) is 11.5. The number of esters is 1. The summed E-state index contributed by atoms with van der Waals surface area (Å²) in [5, 5.41) is 0.545. The first-order valence-corrected chi connectivity index (χ1v) is 8.53. The lowest BCUT2D eigenvalue weighted by molar-refractivity contribution is -0.134. The van der Waals surface area contributed by atoms with Gasteiger partial charge in [-0.1, -0.05) is 37.6 Å². The second kappa shape index (κ2) is 8.74. The fourth-order valence-electron chi connectivity index (χ4n) is 2.51. The highest BCUT2D eigenvalue weighted by molar-refractivity contribution is 6.30. The summed E-state index contributed by atoms with van der Waals surface area (Å²) < 4.78 is 10.9. The highest BCUT2D eigenvalue weighted by atomic mass is 35.5. The molecule has 2 aromatic carbocycles. The number of hydrogen-bond donors (Lipinski definition) is 0. The van der Waals surface area contributed by atoms with Crippen LogP contribution in [0.1, 0.15) is 43.7 Å². The van der Waals surface area contributed by atoms with E-state index in [2.05, 4.69) is 26.8 Å². The molecule has 2 rings (SSSR count). The summed E-state index contributed by atoms with van der Waals surface area (Å²) >= 11 is 5.85. The highest BCUT2D eigenvalue weighted by Crippen LogP contribution is 2.23. The van der Waals surface area contributed by atoms with Gasteiger partial charge in [0.1, 0.15) is 11.5 Å². The summed E-state index contributed by atoms with van der Waals surface area (Å²) in [5.74, 6) is 1.51. The van der Waals surface area contributed by atoms with Crippen molar-refractivity contribution in [3.63, 3.8) is 0 Å². The third-order valence-corrected chi connectivity index (χ3v) is 3.92. The molecular weight excluding hydrogens is 324 g/mol. The Morgan fingerprint density at radius 1 is 1.12 bits per heavy atom. The van der Waals surface area contributed by atoms with Gasteiger partial charge in [-0.3, -0.25) is 4.79 Å². The minimum Gasteiger partial charge on any atom is -0.494 e. The Morgan fingerprint density at radius 2 is 1.92 bits per heavy atom. The Balaban J connectivity index is 1.74. The van der Waals surface area contributed by atoms with Gasteiger partial charge >= 0.3 is 5.97 Å². The molecule has 0 saturated carbocycles. The quantitative estimate of drug-likeness (QED) is 0.375. The Labute approximate surface area is 148 Å². The third kappa shape index (κ3) is 5.57. The van der Waals surface area contributed by atoms with Gasteiger partial charge in [-0.25, -0.2) is 0 Å². The minimum atomic E-state index is -0.285. The molecular formula is C20H23ClO3. The van der Waals surface area contributed by atoms with Crippen LogP contribution >= 0.6 is 11.6 Å². The summed E-state index contributed by atoms with van der Waals surface area (Å²) in [6.45, 7) is 6.92. The van der Waals surface area contributed by atoms with E-state index >= 15 is 0 Å². The summed E-state index contributed by atoms with van der Waals surface area (Å²) in [4.78, 5) is 11.8. The molecule has 0 bridgehead atoms. The number of aryl methyl sites for hydroxylation is 1. The van der Waals surface area contributed by atoms with E-state index in [1.54, 1.807) is 24.3 Å². The summed E-state index contributed by atoms with van der Waals surface area (Å²) in [6.07, 6.45) is 0.903. The van der Waals surface area contributed by atoms with E-state index in [9.17, 15) is 4.79 Å². The lowest BCUT2D eigenvalue weighted by atomic mass is 9.98. The van der Waals surface area contributed by atoms with Crippen LogP contribution in [0.15, 0.2) is 42.5 Å². The normalized spacial score (nSPS) is 10.7. The number of benzene rings is 2. The predicted molar refractivity (Wildman–Crippen MR) is 97.1 cm³/mol. The highest BCUT2D eigenvalue weighted by Gasteiger charge is 2.07. The average molecular weight is 347 g/mol. The largest absolute Gasteiger partial charge is 0.494 e. The number of carbonyl (C=O) groups is 1. The van der Waals surface area contributed by atoms with Crippen LogP contribution in [0.2, 0.25) is 5.02 Å².